The number of piperazine rings is 1. The van der Waals surface area contributed by atoms with Gasteiger partial charge in [-0.05, 0) is 49.6 Å². The zero-order valence-electron chi connectivity index (χ0n) is 21.8. The number of amides is 1. The Hall–Kier alpha value is -4.25. The zero-order chi connectivity index (χ0) is 27.7. The van der Waals surface area contributed by atoms with E-state index in [2.05, 4.69) is 10.5 Å². The van der Waals surface area contributed by atoms with Crippen LogP contribution >= 0.6 is 0 Å². The molecule has 204 valence electrons. The SMILES string of the molecule is CO/N=C(\C)c1ccc(NC(=O)CN2CCN(c3cc4c(cc3F)c(=O)c(C(=O)O)cn4C3CC3)CC2)cc1. The largest absolute Gasteiger partial charge is 0.477 e. The highest BCUT2D eigenvalue weighted by molar-refractivity contribution is 5.99. The summed E-state index contributed by atoms with van der Waals surface area (Å²) in [7, 11) is 1.49. The molecule has 0 unspecified atom stereocenters. The molecule has 1 aliphatic carbocycles. The van der Waals surface area contributed by atoms with Crippen LogP contribution < -0.4 is 15.6 Å². The van der Waals surface area contributed by atoms with Crippen molar-refractivity contribution < 1.29 is 23.9 Å². The lowest BCUT2D eigenvalue weighted by atomic mass is 10.1. The summed E-state index contributed by atoms with van der Waals surface area (Å²) in [5.74, 6) is -2.02. The third-order valence-corrected chi connectivity index (χ3v) is 7.17. The van der Waals surface area contributed by atoms with Gasteiger partial charge in [-0.1, -0.05) is 17.3 Å². The van der Waals surface area contributed by atoms with E-state index in [1.165, 1.54) is 13.3 Å². The number of carboxylic acid groups (broad SMARTS) is 1. The van der Waals surface area contributed by atoms with E-state index in [0.29, 0.717) is 43.1 Å². The molecule has 3 aromatic rings. The molecule has 1 saturated heterocycles. The molecule has 1 aromatic heterocycles. The van der Waals surface area contributed by atoms with Crippen molar-refractivity contribution >= 4 is 39.9 Å². The maximum absolute atomic E-state index is 15.2. The van der Waals surface area contributed by atoms with Crippen LogP contribution in [-0.4, -0.2) is 72.0 Å². The number of rotatable bonds is 8. The fraction of sp³-hybridized carbons (Fsp3) is 0.357. The number of anilines is 2. The summed E-state index contributed by atoms with van der Waals surface area (Å²) in [5.41, 5.74) is 2.19. The molecule has 10 nitrogen and oxygen atoms in total. The fourth-order valence-electron chi connectivity index (χ4n) is 4.94. The Labute approximate surface area is 224 Å². The summed E-state index contributed by atoms with van der Waals surface area (Å²) in [6.07, 6.45) is 3.15. The van der Waals surface area contributed by atoms with Crippen molar-refractivity contribution in [3.63, 3.8) is 0 Å². The first-order valence-electron chi connectivity index (χ1n) is 12.8. The minimum atomic E-state index is -1.32. The predicted molar refractivity (Wildman–Crippen MR) is 146 cm³/mol. The van der Waals surface area contributed by atoms with Crippen LogP contribution in [0, 0.1) is 5.82 Å². The second-order valence-corrected chi connectivity index (χ2v) is 9.88. The molecule has 1 aliphatic heterocycles. The van der Waals surface area contributed by atoms with Crippen molar-refractivity contribution in [2.24, 2.45) is 5.16 Å². The molecule has 2 N–H and O–H groups in total. The number of hydrogen-bond donors (Lipinski definition) is 2. The average molecular weight is 536 g/mol. The van der Waals surface area contributed by atoms with E-state index in [1.54, 1.807) is 10.6 Å². The molecule has 0 atom stereocenters. The minimum absolute atomic E-state index is 0.0764. The summed E-state index contributed by atoms with van der Waals surface area (Å²) >= 11 is 0. The summed E-state index contributed by atoms with van der Waals surface area (Å²) < 4.78 is 17.0. The lowest BCUT2D eigenvalue weighted by molar-refractivity contribution is -0.117. The Morgan fingerprint density at radius 1 is 1.13 bits per heavy atom. The third-order valence-electron chi connectivity index (χ3n) is 7.17. The molecule has 0 spiro atoms. The first kappa shape index (κ1) is 26.4. The number of fused-ring (bicyclic) bond motifs is 1. The smallest absolute Gasteiger partial charge is 0.341 e. The molecular formula is C28H30FN5O5. The monoisotopic (exact) mass is 535 g/mol. The van der Waals surface area contributed by atoms with Gasteiger partial charge in [0.1, 0.15) is 18.5 Å². The summed E-state index contributed by atoms with van der Waals surface area (Å²) in [6.45, 7) is 4.17. The molecular weight excluding hydrogens is 505 g/mol. The molecule has 2 aromatic carbocycles. The number of aromatic nitrogens is 1. The van der Waals surface area contributed by atoms with Crippen LogP contribution in [0.2, 0.25) is 0 Å². The van der Waals surface area contributed by atoms with Crippen LogP contribution in [0.5, 0.6) is 0 Å². The van der Waals surface area contributed by atoms with Gasteiger partial charge in [0.05, 0.1) is 23.5 Å². The van der Waals surface area contributed by atoms with Crippen molar-refractivity contribution in [1.82, 2.24) is 9.47 Å². The number of carboxylic acids is 1. The highest BCUT2D eigenvalue weighted by Gasteiger charge is 2.28. The van der Waals surface area contributed by atoms with Gasteiger partial charge in [0.25, 0.3) is 0 Å². The quantitative estimate of drug-likeness (QED) is 0.336. The molecule has 2 aliphatic rings. The van der Waals surface area contributed by atoms with Crippen molar-refractivity contribution in [1.29, 1.82) is 0 Å². The molecule has 11 heteroatoms. The first-order valence-corrected chi connectivity index (χ1v) is 12.8. The van der Waals surface area contributed by atoms with E-state index in [-0.39, 0.29) is 29.4 Å². The van der Waals surface area contributed by atoms with E-state index in [9.17, 15) is 19.5 Å². The average Bonchev–Trinajstić information content (AvgIpc) is 3.75. The topological polar surface area (TPSA) is 116 Å². The predicted octanol–water partition coefficient (Wildman–Crippen LogP) is 3.30. The number of nitrogens with zero attached hydrogens (tertiary/aromatic N) is 4. The Bertz CT molecular complexity index is 1510. The van der Waals surface area contributed by atoms with Gasteiger partial charge in [0.2, 0.25) is 11.3 Å². The lowest BCUT2D eigenvalue weighted by Crippen LogP contribution is -2.49. The first-order chi connectivity index (χ1) is 18.7. The summed E-state index contributed by atoms with van der Waals surface area (Å²) in [6, 6.07) is 10.3. The lowest BCUT2D eigenvalue weighted by Gasteiger charge is -2.36. The van der Waals surface area contributed by atoms with E-state index < -0.39 is 17.2 Å². The zero-order valence-corrected chi connectivity index (χ0v) is 21.8. The van der Waals surface area contributed by atoms with Gasteiger partial charge < -0.3 is 24.7 Å². The van der Waals surface area contributed by atoms with Crippen LogP contribution in [0.25, 0.3) is 10.9 Å². The summed E-state index contributed by atoms with van der Waals surface area (Å²) in [4.78, 5) is 45.6. The standard InChI is InChI=1S/C28H30FN5O5/c1-17(31-39-2)18-3-5-19(6-4-18)30-26(35)16-32-9-11-33(12-10-32)25-14-24-21(13-23(25)29)27(36)22(28(37)38)15-34(24)20-7-8-20/h3-6,13-15,20H,7-12,16H2,1-2H3,(H,30,35)(H,37,38)/b31-17+. The van der Waals surface area contributed by atoms with Gasteiger partial charge >= 0.3 is 5.97 Å². The number of benzene rings is 2. The Balaban J connectivity index is 1.24. The fourth-order valence-corrected chi connectivity index (χ4v) is 4.94. The van der Waals surface area contributed by atoms with Crippen LogP contribution in [0.1, 0.15) is 41.7 Å². The van der Waals surface area contributed by atoms with Crippen LogP contribution in [-0.2, 0) is 9.63 Å². The second kappa shape index (κ2) is 10.9. The number of oxime groups is 1. The van der Waals surface area contributed by atoms with Gasteiger partial charge in [-0.25, -0.2) is 9.18 Å². The number of pyridine rings is 1. The molecule has 1 saturated carbocycles. The number of halogens is 1. The molecule has 2 fully saturated rings. The number of carbonyl (C=O) groups is 2. The molecule has 0 bridgehead atoms. The van der Waals surface area contributed by atoms with E-state index >= 15 is 4.39 Å². The van der Waals surface area contributed by atoms with Crippen molar-refractivity contribution in [3.05, 3.63) is 69.8 Å². The van der Waals surface area contributed by atoms with Gasteiger partial charge in [0, 0.05) is 49.5 Å². The summed E-state index contributed by atoms with van der Waals surface area (Å²) in [5, 5.41) is 16.3. The van der Waals surface area contributed by atoms with Crippen LogP contribution in [0.4, 0.5) is 15.8 Å². The highest BCUT2D eigenvalue weighted by atomic mass is 19.1. The van der Waals surface area contributed by atoms with Gasteiger partial charge in [0.15, 0.2) is 0 Å². The normalized spacial score (nSPS) is 16.4. The molecule has 1 amide bonds. The maximum Gasteiger partial charge on any atom is 0.341 e. The highest BCUT2D eigenvalue weighted by Crippen LogP contribution is 2.38. The van der Waals surface area contributed by atoms with E-state index in [0.717, 1.165) is 30.2 Å². The third kappa shape index (κ3) is 5.63. The Morgan fingerprint density at radius 2 is 1.82 bits per heavy atom. The maximum atomic E-state index is 15.2. The Morgan fingerprint density at radius 3 is 2.44 bits per heavy atom. The molecule has 2 heterocycles. The second-order valence-electron chi connectivity index (χ2n) is 9.88. The van der Waals surface area contributed by atoms with Crippen LogP contribution in [0.15, 0.2) is 52.5 Å². The van der Waals surface area contributed by atoms with Crippen LogP contribution in [0.3, 0.4) is 0 Å². The number of hydrogen-bond acceptors (Lipinski definition) is 7. The minimum Gasteiger partial charge on any atom is -0.477 e. The number of nitrogens with one attached hydrogen (secondary N) is 1. The van der Waals surface area contributed by atoms with Gasteiger partial charge in [-0.3, -0.25) is 14.5 Å². The van der Waals surface area contributed by atoms with Crippen molar-refractivity contribution in [3.8, 4) is 0 Å². The molecule has 0 radical (unpaired) electrons. The molecule has 5 rings (SSSR count). The van der Waals surface area contributed by atoms with E-state index in [4.69, 9.17) is 4.84 Å². The Kier molecular flexibility index (Phi) is 7.34. The number of carbonyl (C=O) groups excluding carboxylic acids is 1. The van der Waals surface area contributed by atoms with Gasteiger partial charge in [-0.2, -0.15) is 0 Å². The van der Waals surface area contributed by atoms with Crippen molar-refractivity contribution in [2.75, 3.05) is 50.1 Å². The molecule has 39 heavy (non-hydrogen) atoms. The van der Waals surface area contributed by atoms with Crippen molar-refractivity contribution in [2.45, 2.75) is 25.8 Å². The number of aromatic carboxylic acids is 1. The van der Waals surface area contributed by atoms with Gasteiger partial charge in [-0.15, -0.1) is 0 Å². The van der Waals surface area contributed by atoms with E-state index in [1.807, 2.05) is 41.0 Å².